The second-order valence-corrected chi connectivity index (χ2v) is 4.42. The summed E-state index contributed by atoms with van der Waals surface area (Å²) in [5.41, 5.74) is 3.87. The Bertz CT molecular complexity index is 441. The maximum Gasteiger partial charge on any atom is 0.0456 e. The fourth-order valence-electron chi connectivity index (χ4n) is 1.37. The second kappa shape index (κ2) is 5.71. The third-order valence-corrected chi connectivity index (χ3v) is 2.68. The summed E-state index contributed by atoms with van der Waals surface area (Å²) in [7, 11) is 4.11. The van der Waals surface area contributed by atoms with Gasteiger partial charge in [0.05, 0.1) is 0 Å². The molecule has 2 nitrogen and oxygen atoms in total. The molecule has 0 amide bonds. The highest BCUT2D eigenvalue weighted by molar-refractivity contribution is 5.83. The van der Waals surface area contributed by atoms with Gasteiger partial charge >= 0.3 is 0 Å². The van der Waals surface area contributed by atoms with Crippen LogP contribution in [0.4, 0.5) is 0 Å². The molecule has 1 aromatic carbocycles. The number of rotatable bonds is 1. The van der Waals surface area contributed by atoms with Gasteiger partial charge in [0, 0.05) is 17.1 Å². The minimum absolute atomic E-state index is 1.14. The number of hydrogen-bond acceptors (Lipinski definition) is 1. The molecule has 0 aliphatic heterocycles. The maximum absolute atomic E-state index is 3.22. The molecule has 0 spiro atoms. The largest absolute Gasteiger partial charge is 0.361 e. The van der Waals surface area contributed by atoms with Crippen LogP contribution in [0, 0.1) is 13.8 Å². The molecule has 0 atom stereocenters. The predicted octanol–water partition coefficient (Wildman–Crippen LogP) is 3.35. The van der Waals surface area contributed by atoms with Crippen molar-refractivity contribution in [2.75, 3.05) is 20.6 Å². The lowest BCUT2D eigenvalue weighted by molar-refractivity contribution is 0.434. The highest BCUT2D eigenvalue weighted by atomic mass is 15.0. The first-order valence-corrected chi connectivity index (χ1v) is 5.73. The number of hydrogen-bond donors (Lipinski definition) is 1. The van der Waals surface area contributed by atoms with Crippen molar-refractivity contribution >= 4 is 10.9 Å². The third kappa shape index (κ3) is 3.38. The normalized spacial score (nSPS) is 10.4. The first kappa shape index (κ1) is 12.8. The van der Waals surface area contributed by atoms with E-state index in [2.05, 4.69) is 62.9 Å². The molecule has 0 bridgehead atoms. The van der Waals surface area contributed by atoms with Crippen LogP contribution in [-0.4, -0.2) is 30.5 Å². The van der Waals surface area contributed by atoms with Gasteiger partial charge < -0.3 is 9.88 Å². The number of aryl methyl sites for hydroxylation is 2. The number of aromatic nitrogens is 1. The van der Waals surface area contributed by atoms with E-state index < -0.39 is 0 Å². The molecule has 0 aliphatic rings. The zero-order chi connectivity index (χ0) is 12.1. The Hall–Kier alpha value is -1.28. The average Bonchev–Trinajstić information content (AvgIpc) is 2.61. The number of H-pyrrole nitrogens is 1. The Morgan fingerprint density at radius 1 is 1.19 bits per heavy atom. The van der Waals surface area contributed by atoms with Crippen LogP contribution in [0.1, 0.15) is 18.1 Å². The van der Waals surface area contributed by atoms with E-state index in [1.807, 2.05) is 6.20 Å². The first-order valence-electron chi connectivity index (χ1n) is 5.73. The van der Waals surface area contributed by atoms with Gasteiger partial charge in [-0.2, -0.15) is 0 Å². The van der Waals surface area contributed by atoms with Gasteiger partial charge in [-0.05, 0) is 52.2 Å². The summed E-state index contributed by atoms with van der Waals surface area (Å²) in [6.45, 7) is 7.50. The molecule has 0 aliphatic carbocycles. The summed E-state index contributed by atoms with van der Waals surface area (Å²) in [6, 6.07) is 6.46. The standard InChI is InChI=1S/C10H11N.C4H11N/c1-7-3-4-10-9(5-7)8(2)6-11-10;1-4-5(2)3/h3-6,11H,1-2H3;4H2,1-3H3. The Balaban J connectivity index is 0.000000221. The molecule has 2 rings (SSSR count). The molecular weight excluding hydrogens is 196 g/mol. The Morgan fingerprint density at radius 2 is 1.81 bits per heavy atom. The molecule has 0 saturated carbocycles. The van der Waals surface area contributed by atoms with Gasteiger partial charge in [0.25, 0.3) is 0 Å². The highest BCUT2D eigenvalue weighted by Crippen LogP contribution is 2.17. The van der Waals surface area contributed by atoms with E-state index in [0.29, 0.717) is 0 Å². The summed E-state index contributed by atoms with van der Waals surface area (Å²) in [4.78, 5) is 5.34. The molecule has 0 radical (unpaired) electrons. The topological polar surface area (TPSA) is 19.0 Å². The van der Waals surface area contributed by atoms with E-state index in [0.717, 1.165) is 6.54 Å². The molecule has 0 fully saturated rings. The van der Waals surface area contributed by atoms with Gasteiger partial charge in [-0.25, -0.2) is 0 Å². The zero-order valence-electron chi connectivity index (χ0n) is 11.0. The Kier molecular flexibility index (Phi) is 4.56. The quantitative estimate of drug-likeness (QED) is 0.777. The van der Waals surface area contributed by atoms with Crippen LogP contribution in [0.15, 0.2) is 24.4 Å². The summed E-state index contributed by atoms with van der Waals surface area (Å²) >= 11 is 0. The fourth-order valence-corrected chi connectivity index (χ4v) is 1.37. The molecule has 1 heterocycles. The van der Waals surface area contributed by atoms with Crippen LogP contribution in [-0.2, 0) is 0 Å². The monoisotopic (exact) mass is 218 g/mol. The lowest BCUT2D eigenvalue weighted by Gasteiger charge is -2.00. The minimum Gasteiger partial charge on any atom is -0.361 e. The van der Waals surface area contributed by atoms with E-state index >= 15 is 0 Å². The minimum atomic E-state index is 1.14. The van der Waals surface area contributed by atoms with Crippen LogP contribution < -0.4 is 0 Å². The van der Waals surface area contributed by atoms with E-state index in [1.54, 1.807) is 0 Å². The molecular formula is C14H22N2. The smallest absolute Gasteiger partial charge is 0.0456 e. The maximum atomic E-state index is 3.22. The molecule has 1 aromatic heterocycles. The van der Waals surface area contributed by atoms with Crippen LogP contribution in [0.2, 0.25) is 0 Å². The van der Waals surface area contributed by atoms with Crippen molar-refractivity contribution in [3.05, 3.63) is 35.5 Å². The number of aromatic amines is 1. The molecule has 0 unspecified atom stereocenters. The lowest BCUT2D eigenvalue weighted by Crippen LogP contribution is -2.08. The number of nitrogens with one attached hydrogen (secondary N) is 1. The zero-order valence-corrected chi connectivity index (χ0v) is 11.0. The van der Waals surface area contributed by atoms with Crippen LogP contribution >= 0.6 is 0 Å². The Morgan fingerprint density at radius 3 is 2.38 bits per heavy atom. The average molecular weight is 218 g/mol. The van der Waals surface area contributed by atoms with Crippen molar-refractivity contribution in [3.8, 4) is 0 Å². The van der Waals surface area contributed by atoms with Crippen molar-refractivity contribution in [2.45, 2.75) is 20.8 Å². The van der Waals surface area contributed by atoms with Gasteiger partial charge in [-0.15, -0.1) is 0 Å². The SMILES string of the molecule is CCN(C)C.Cc1ccc2[nH]cc(C)c2c1. The summed E-state index contributed by atoms with van der Waals surface area (Å²) in [5, 5.41) is 1.34. The van der Waals surface area contributed by atoms with Crippen LogP contribution in [0.25, 0.3) is 10.9 Å². The molecule has 2 aromatic rings. The van der Waals surface area contributed by atoms with Crippen molar-refractivity contribution in [3.63, 3.8) is 0 Å². The molecule has 1 N–H and O–H groups in total. The van der Waals surface area contributed by atoms with Gasteiger partial charge in [-0.1, -0.05) is 18.6 Å². The molecule has 2 heteroatoms. The molecule has 16 heavy (non-hydrogen) atoms. The fraction of sp³-hybridized carbons (Fsp3) is 0.429. The van der Waals surface area contributed by atoms with E-state index in [-0.39, 0.29) is 0 Å². The summed E-state index contributed by atoms with van der Waals surface area (Å²) in [6.07, 6.45) is 2.05. The summed E-state index contributed by atoms with van der Waals surface area (Å²) in [5.74, 6) is 0. The van der Waals surface area contributed by atoms with Crippen molar-refractivity contribution < 1.29 is 0 Å². The summed E-state index contributed by atoms with van der Waals surface area (Å²) < 4.78 is 0. The van der Waals surface area contributed by atoms with E-state index in [1.165, 1.54) is 22.0 Å². The predicted molar refractivity (Wildman–Crippen MR) is 72.0 cm³/mol. The van der Waals surface area contributed by atoms with E-state index in [4.69, 9.17) is 0 Å². The Labute approximate surface area is 98.3 Å². The number of nitrogens with zero attached hydrogens (tertiary/aromatic N) is 1. The van der Waals surface area contributed by atoms with Crippen molar-refractivity contribution in [1.29, 1.82) is 0 Å². The molecule has 0 saturated heterocycles. The van der Waals surface area contributed by atoms with Crippen LogP contribution in [0.5, 0.6) is 0 Å². The second-order valence-electron chi connectivity index (χ2n) is 4.42. The van der Waals surface area contributed by atoms with Crippen LogP contribution in [0.3, 0.4) is 0 Å². The van der Waals surface area contributed by atoms with Crippen molar-refractivity contribution in [2.24, 2.45) is 0 Å². The molecule has 88 valence electrons. The lowest BCUT2D eigenvalue weighted by atomic mass is 10.1. The third-order valence-electron chi connectivity index (χ3n) is 2.68. The van der Waals surface area contributed by atoms with E-state index in [9.17, 15) is 0 Å². The first-order chi connectivity index (χ1) is 7.54. The van der Waals surface area contributed by atoms with Gasteiger partial charge in [-0.3, -0.25) is 0 Å². The van der Waals surface area contributed by atoms with Gasteiger partial charge in [0.1, 0.15) is 0 Å². The highest BCUT2D eigenvalue weighted by Gasteiger charge is 1.97. The number of fused-ring (bicyclic) bond motifs is 1. The number of benzene rings is 1. The van der Waals surface area contributed by atoms with Gasteiger partial charge in [0.15, 0.2) is 0 Å². The van der Waals surface area contributed by atoms with Gasteiger partial charge in [0.2, 0.25) is 0 Å². The van der Waals surface area contributed by atoms with Crippen molar-refractivity contribution in [1.82, 2.24) is 9.88 Å².